The number of hydrogen-bond donors (Lipinski definition) is 2. The predicted molar refractivity (Wildman–Crippen MR) is 63.4 cm³/mol. The number of nitro benzene ring substituents is 1. The van der Waals surface area contributed by atoms with Crippen molar-refractivity contribution in [2.75, 3.05) is 12.4 Å². The van der Waals surface area contributed by atoms with E-state index in [9.17, 15) is 10.1 Å². The van der Waals surface area contributed by atoms with Crippen molar-refractivity contribution in [3.63, 3.8) is 0 Å². The van der Waals surface area contributed by atoms with Crippen molar-refractivity contribution in [2.24, 2.45) is 0 Å². The Morgan fingerprint density at radius 2 is 2.27 bits per heavy atom. The second-order valence-corrected chi connectivity index (χ2v) is 3.44. The summed E-state index contributed by atoms with van der Waals surface area (Å²) in [6.45, 7) is 0. The van der Waals surface area contributed by atoms with Crippen molar-refractivity contribution < 1.29 is 4.92 Å². The molecule has 0 saturated carbocycles. The minimum atomic E-state index is -0.508. The van der Waals surface area contributed by atoms with Crippen LogP contribution in [0.25, 0.3) is 0 Å². The summed E-state index contributed by atoms with van der Waals surface area (Å²) < 4.78 is 0. The molecule has 1 rings (SSSR count). The molecule has 0 amide bonds. The number of nitro groups is 1. The number of thiocarbonyl (C=S) groups is 1. The second-order valence-electron chi connectivity index (χ2n) is 2.63. The van der Waals surface area contributed by atoms with Gasteiger partial charge in [-0.15, -0.1) is 0 Å². The molecule has 5 nitrogen and oxygen atoms in total. The predicted octanol–water partition coefficient (Wildman–Crippen LogP) is 2.16. The SMILES string of the molecule is CNC(=S)Nc1ccc([N+](=O)[O-])cc1Cl. The lowest BCUT2D eigenvalue weighted by atomic mass is 10.3. The molecule has 0 heterocycles. The number of hydrogen-bond acceptors (Lipinski definition) is 3. The average molecular weight is 246 g/mol. The third-order valence-electron chi connectivity index (χ3n) is 1.64. The standard InChI is InChI=1S/C8H8ClN3O2S/c1-10-8(15)11-7-3-2-5(12(13)14)4-6(7)9/h2-4H,1H3,(H2,10,11,15). The molecule has 0 aromatic heterocycles. The maximum absolute atomic E-state index is 10.4. The first-order valence-electron chi connectivity index (χ1n) is 3.97. The van der Waals surface area contributed by atoms with Crippen molar-refractivity contribution in [3.05, 3.63) is 33.3 Å². The molecule has 15 heavy (non-hydrogen) atoms. The molecule has 0 aliphatic heterocycles. The zero-order chi connectivity index (χ0) is 11.4. The molecule has 1 aromatic rings. The molecule has 1 aromatic carbocycles. The van der Waals surface area contributed by atoms with Crippen LogP contribution in [0, 0.1) is 10.1 Å². The summed E-state index contributed by atoms with van der Waals surface area (Å²) in [6.07, 6.45) is 0. The van der Waals surface area contributed by atoms with Gasteiger partial charge in [-0.25, -0.2) is 0 Å². The lowest BCUT2D eigenvalue weighted by Crippen LogP contribution is -2.24. The molecule has 0 saturated heterocycles. The Kier molecular flexibility index (Phi) is 3.81. The summed E-state index contributed by atoms with van der Waals surface area (Å²) in [7, 11) is 1.66. The van der Waals surface area contributed by atoms with Crippen LogP contribution in [0.3, 0.4) is 0 Å². The maximum Gasteiger partial charge on any atom is 0.271 e. The van der Waals surface area contributed by atoms with Crippen molar-refractivity contribution in [1.82, 2.24) is 5.32 Å². The molecule has 0 atom stereocenters. The number of anilines is 1. The van der Waals surface area contributed by atoms with E-state index in [1.807, 2.05) is 0 Å². The van der Waals surface area contributed by atoms with Gasteiger partial charge in [-0.2, -0.15) is 0 Å². The van der Waals surface area contributed by atoms with Crippen LogP contribution in [0.2, 0.25) is 5.02 Å². The molecule has 0 bridgehead atoms. The van der Waals surface area contributed by atoms with Crippen LogP contribution in [-0.2, 0) is 0 Å². The number of rotatable bonds is 2. The number of halogens is 1. The van der Waals surface area contributed by atoms with Crippen LogP contribution in [0.4, 0.5) is 11.4 Å². The van der Waals surface area contributed by atoms with Crippen LogP contribution in [0.15, 0.2) is 18.2 Å². The van der Waals surface area contributed by atoms with E-state index in [4.69, 9.17) is 23.8 Å². The molecule has 0 spiro atoms. The summed E-state index contributed by atoms with van der Waals surface area (Å²) in [4.78, 5) is 9.92. The van der Waals surface area contributed by atoms with Crippen LogP contribution in [0.1, 0.15) is 0 Å². The monoisotopic (exact) mass is 245 g/mol. The Morgan fingerprint density at radius 1 is 1.60 bits per heavy atom. The largest absolute Gasteiger partial charge is 0.366 e. The normalized spacial score (nSPS) is 9.47. The van der Waals surface area contributed by atoms with Crippen molar-refractivity contribution in [1.29, 1.82) is 0 Å². The summed E-state index contributed by atoms with van der Waals surface area (Å²) >= 11 is 10.7. The zero-order valence-corrected chi connectivity index (χ0v) is 9.35. The van der Waals surface area contributed by atoms with Gasteiger partial charge in [0.05, 0.1) is 15.6 Å². The number of nitrogens with zero attached hydrogens (tertiary/aromatic N) is 1. The Morgan fingerprint density at radius 3 is 2.73 bits per heavy atom. The number of non-ortho nitro benzene ring substituents is 1. The number of benzene rings is 1. The molecule has 0 aliphatic carbocycles. The van der Waals surface area contributed by atoms with Crippen molar-refractivity contribution in [3.8, 4) is 0 Å². The second kappa shape index (κ2) is 4.90. The highest BCUT2D eigenvalue weighted by Gasteiger charge is 2.09. The van der Waals surface area contributed by atoms with Gasteiger partial charge in [0.25, 0.3) is 5.69 Å². The van der Waals surface area contributed by atoms with E-state index >= 15 is 0 Å². The van der Waals surface area contributed by atoms with Gasteiger partial charge >= 0.3 is 0 Å². The van der Waals surface area contributed by atoms with Crippen LogP contribution >= 0.6 is 23.8 Å². The Bertz CT molecular complexity index is 411. The van der Waals surface area contributed by atoms with E-state index in [0.717, 1.165) is 0 Å². The molecule has 80 valence electrons. The Labute approximate surface area is 96.6 Å². The first-order chi connectivity index (χ1) is 7.04. The molecule has 0 unspecified atom stereocenters. The number of nitrogens with one attached hydrogen (secondary N) is 2. The quantitative estimate of drug-likeness (QED) is 0.475. The van der Waals surface area contributed by atoms with Crippen LogP contribution in [-0.4, -0.2) is 17.1 Å². The van der Waals surface area contributed by atoms with E-state index in [-0.39, 0.29) is 10.7 Å². The lowest BCUT2D eigenvalue weighted by Gasteiger charge is -2.08. The fourth-order valence-corrected chi connectivity index (χ4v) is 1.24. The van der Waals surface area contributed by atoms with Gasteiger partial charge in [-0.05, 0) is 18.3 Å². The maximum atomic E-state index is 10.4. The third kappa shape index (κ3) is 3.03. The highest BCUT2D eigenvalue weighted by molar-refractivity contribution is 7.80. The van der Waals surface area contributed by atoms with Gasteiger partial charge in [0.1, 0.15) is 0 Å². The Balaban J connectivity index is 2.93. The van der Waals surface area contributed by atoms with Gasteiger partial charge in [0.2, 0.25) is 0 Å². The highest BCUT2D eigenvalue weighted by atomic mass is 35.5. The summed E-state index contributed by atoms with van der Waals surface area (Å²) in [5.41, 5.74) is 0.475. The first-order valence-corrected chi connectivity index (χ1v) is 4.76. The molecule has 7 heteroatoms. The molecular formula is C8H8ClN3O2S. The van der Waals surface area contributed by atoms with Gasteiger partial charge in [0, 0.05) is 19.2 Å². The zero-order valence-electron chi connectivity index (χ0n) is 7.78. The molecule has 2 N–H and O–H groups in total. The minimum absolute atomic E-state index is 0.0547. The summed E-state index contributed by atoms with van der Waals surface area (Å²) in [5, 5.41) is 16.6. The van der Waals surface area contributed by atoms with Crippen molar-refractivity contribution >= 4 is 40.3 Å². The molecule has 0 fully saturated rings. The average Bonchev–Trinajstić information content (AvgIpc) is 2.20. The summed E-state index contributed by atoms with van der Waals surface area (Å²) in [5.74, 6) is 0. The Hall–Kier alpha value is -1.40. The fourth-order valence-electron chi connectivity index (χ4n) is 0.904. The van der Waals surface area contributed by atoms with Gasteiger partial charge in [-0.3, -0.25) is 10.1 Å². The van der Waals surface area contributed by atoms with Gasteiger partial charge < -0.3 is 10.6 Å². The molecule has 0 radical (unpaired) electrons. The first kappa shape index (κ1) is 11.7. The topological polar surface area (TPSA) is 67.2 Å². The van der Waals surface area contributed by atoms with E-state index < -0.39 is 4.92 Å². The lowest BCUT2D eigenvalue weighted by molar-refractivity contribution is -0.384. The van der Waals surface area contributed by atoms with E-state index in [1.165, 1.54) is 18.2 Å². The van der Waals surface area contributed by atoms with E-state index in [1.54, 1.807) is 7.05 Å². The minimum Gasteiger partial charge on any atom is -0.366 e. The van der Waals surface area contributed by atoms with Crippen LogP contribution in [0.5, 0.6) is 0 Å². The van der Waals surface area contributed by atoms with E-state index in [0.29, 0.717) is 10.8 Å². The third-order valence-corrected chi connectivity index (χ3v) is 2.26. The van der Waals surface area contributed by atoms with E-state index in [2.05, 4.69) is 10.6 Å². The molecular weight excluding hydrogens is 238 g/mol. The highest BCUT2D eigenvalue weighted by Crippen LogP contribution is 2.26. The van der Waals surface area contributed by atoms with Crippen LogP contribution < -0.4 is 10.6 Å². The fraction of sp³-hybridized carbons (Fsp3) is 0.125. The smallest absolute Gasteiger partial charge is 0.271 e. The van der Waals surface area contributed by atoms with Crippen molar-refractivity contribution in [2.45, 2.75) is 0 Å². The van der Waals surface area contributed by atoms with Gasteiger partial charge in [-0.1, -0.05) is 11.6 Å². The molecule has 0 aliphatic rings. The van der Waals surface area contributed by atoms with Gasteiger partial charge in [0.15, 0.2) is 5.11 Å². The summed E-state index contributed by atoms with van der Waals surface area (Å²) in [6, 6.07) is 4.12.